The standard InChI is InChI=1S/C12H16I2O2/c13-4-6-15-9-11-2-1-3-12(8-11)10-16-7-5-14/h1-3,8H,4-7,9-10H2. The summed E-state index contributed by atoms with van der Waals surface area (Å²) >= 11 is 4.63. The van der Waals surface area contributed by atoms with E-state index in [-0.39, 0.29) is 0 Å². The number of rotatable bonds is 8. The normalized spacial score (nSPS) is 10.6. The molecule has 0 saturated heterocycles. The fourth-order valence-corrected chi connectivity index (χ4v) is 1.92. The van der Waals surface area contributed by atoms with Gasteiger partial charge in [0.05, 0.1) is 26.4 Å². The fourth-order valence-electron chi connectivity index (χ4n) is 1.30. The van der Waals surface area contributed by atoms with Crippen LogP contribution in [0.4, 0.5) is 0 Å². The van der Waals surface area contributed by atoms with Crippen LogP contribution < -0.4 is 0 Å². The zero-order chi connectivity index (χ0) is 11.6. The first kappa shape index (κ1) is 14.7. The molecule has 0 aliphatic rings. The molecule has 0 N–H and O–H groups in total. The van der Waals surface area contributed by atoms with Gasteiger partial charge in [0.15, 0.2) is 0 Å². The van der Waals surface area contributed by atoms with Crippen LogP contribution in [-0.4, -0.2) is 22.1 Å². The average Bonchev–Trinajstić information content (AvgIpc) is 2.30. The molecule has 1 aromatic carbocycles. The second-order valence-corrected chi connectivity index (χ2v) is 5.46. The predicted octanol–water partition coefficient (Wildman–Crippen LogP) is 3.59. The predicted molar refractivity (Wildman–Crippen MR) is 83.5 cm³/mol. The molecule has 1 aromatic rings. The molecule has 0 spiro atoms. The van der Waals surface area contributed by atoms with Crippen molar-refractivity contribution in [2.24, 2.45) is 0 Å². The van der Waals surface area contributed by atoms with Crippen molar-refractivity contribution in [3.05, 3.63) is 35.4 Å². The smallest absolute Gasteiger partial charge is 0.0717 e. The van der Waals surface area contributed by atoms with E-state index in [0.29, 0.717) is 13.2 Å². The van der Waals surface area contributed by atoms with Crippen LogP contribution in [0.25, 0.3) is 0 Å². The van der Waals surface area contributed by atoms with Gasteiger partial charge < -0.3 is 9.47 Å². The molecule has 0 aliphatic carbocycles. The van der Waals surface area contributed by atoms with Gasteiger partial charge in [0.1, 0.15) is 0 Å². The van der Waals surface area contributed by atoms with Crippen LogP contribution >= 0.6 is 45.2 Å². The summed E-state index contributed by atoms with van der Waals surface area (Å²) in [6.45, 7) is 3.03. The molecule has 0 aliphatic heterocycles. The lowest BCUT2D eigenvalue weighted by Gasteiger charge is -2.06. The number of halogens is 2. The van der Waals surface area contributed by atoms with Gasteiger partial charge in [0.2, 0.25) is 0 Å². The molecule has 0 bridgehead atoms. The third kappa shape index (κ3) is 6.36. The van der Waals surface area contributed by atoms with Crippen LogP contribution in [-0.2, 0) is 22.7 Å². The Morgan fingerprint density at radius 3 is 1.81 bits per heavy atom. The molecule has 4 heteroatoms. The first-order valence-corrected chi connectivity index (χ1v) is 8.27. The second kappa shape index (κ2) is 9.61. The summed E-state index contributed by atoms with van der Waals surface area (Å²) in [5.41, 5.74) is 2.45. The lowest BCUT2D eigenvalue weighted by atomic mass is 10.1. The summed E-state index contributed by atoms with van der Waals surface area (Å²) in [5, 5.41) is 0. The summed E-state index contributed by atoms with van der Waals surface area (Å²) in [7, 11) is 0. The third-order valence-electron chi connectivity index (χ3n) is 1.97. The minimum atomic E-state index is 0.698. The van der Waals surface area contributed by atoms with Crippen molar-refractivity contribution >= 4 is 45.2 Å². The molecule has 0 saturated carbocycles. The van der Waals surface area contributed by atoms with Crippen LogP contribution in [0, 0.1) is 0 Å². The largest absolute Gasteiger partial charge is 0.376 e. The summed E-state index contributed by atoms with van der Waals surface area (Å²) in [6.07, 6.45) is 0. The van der Waals surface area contributed by atoms with Gasteiger partial charge in [0, 0.05) is 8.86 Å². The van der Waals surface area contributed by atoms with Gasteiger partial charge in [-0.3, -0.25) is 0 Å². The maximum atomic E-state index is 5.50. The Morgan fingerprint density at radius 1 is 0.875 bits per heavy atom. The monoisotopic (exact) mass is 446 g/mol. The lowest BCUT2D eigenvalue weighted by Crippen LogP contribution is -1.99. The van der Waals surface area contributed by atoms with Crippen LogP contribution in [0.1, 0.15) is 11.1 Å². The van der Waals surface area contributed by atoms with Gasteiger partial charge in [-0.15, -0.1) is 0 Å². The molecule has 0 unspecified atom stereocenters. The summed E-state index contributed by atoms with van der Waals surface area (Å²) < 4.78 is 13.1. The number of alkyl halides is 2. The lowest BCUT2D eigenvalue weighted by molar-refractivity contribution is 0.134. The van der Waals surface area contributed by atoms with E-state index in [1.807, 2.05) is 0 Å². The molecule has 2 nitrogen and oxygen atoms in total. The summed E-state index contributed by atoms with van der Waals surface area (Å²) in [6, 6.07) is 8.40. The fraction of sp³-hybridized carbons (Fsp3) is 0.500. The molecule has 16 heavy (non-hydrogen) atoms. The Labute approximate surface area is 124 Å². The topological polar surface area (TPSA) is 18.5 Å². The summed E-state index contributed by atoms with van der Waals surface area (Å²) in [4.78, 5) is 0. The average molecular weight is 446 g/mol. The maximum Gasteiger partial charge on any atom is 0.0717 e. The van der Waals surface area contributed by atoms with Crippen LogP contribution in [0.3, 0.4) is 0 Å². The highest BCUT2D eigenvalue weighted by molar-refractivity contribution is 14.1. The van der Waals surface area contributed by atoms with Crippen molar-refractivity contribution in [2.75, 3.05) is 22.1 Å². The molecular formula is C12H16I2O2. The highest BCUT2D eigenvalue weighted by atomic mass is 127. The molecule has 1 rings (SSSR count). The Morgan fingerprint density at radius 2 is 1.38 bits per heavy atom. The Balaban J connectivity index is 2.37. The first-order valence-electron chi connectivity index (χ1n) is 5.22. The van der Waals surface area contributed by atoms with E-state index < -0.39 is 0 Å². The van der Waals surface area contributed by atoms with Gasteiger partial charge >= 0.3 is 0 Å². The van der Waals surface area contributed by atoms with Crippen LogP contribution in [0.15, 0.2) is 24.3 Å². The van der Waals surface area contributed by atoms with Crippen molar-refractivity contribution in [1.82, 2.24) is 0 Å². The van der Waals surface area contributed by atoms with Crippen molar-refractivity contribution in [3.63, 3.8) is 0 Å². The molecular weight excluding hydrogens is 430 g/mol. The molecule has 0 aromatic heterocycles. The van der Waals surface area contributed by atoms with Gasteiger partial charge in [-0.1, -0.05) is 69.4 Å². The van der Waals surface area contributed by atoms with E-state index >= 15 is 0 Å². The first-order chi connectivity index (χ1) is 7.86. The zero-order valence-corrected chi connectivity index (χ0v) is 13.4. The van der Waals surface area contributed by atoms with E-state index in [4.69, 9.17) is 9.47 Å². The Kier molecular flexibility index (Phi) is 8.81. The van der Waals surface area contributed by atoms with Gasteiger partial charge in [-0.25, -0.2) is 0 Å². The Hall–Kier alpha value is 0.600. The minimum Gasteiger partial charge on any atom is -0.376 e. The number of hydrogen-bond donors (Lipinski definition) is 0. The van der Waals surface area contributed by atoms with E-state index in [9.17, 15) is 0 Å². The van der Waals surface area contributed by atoms with Gasteiger partial charge in [-0.2, -0.15) is 0 Å². The van der Waals surface area contributed by atoms with E-state index in [1.54, 1.807) is 0 Å². The summed E-state index contributed by atoms with van der Waals surface area (Å²) in [5.74, 6) is 0. The van der Waals surface area contributed by atoms with Crippen LogP contribution in [0.2, 0.25) is 0 Å². The van der Waals surface area contributed by atoms with Crippen molar-refractivity contribution in [2.45, 2.75) is 13.2 Å². The maximum absolute atomic E-state index is 5.50. The molecule has 0 atom stereocenters. The third-order valence-corrected chi connectivity index (χ3v) is 2.85. The van der Waals surface area contributed by atoms with Gasteiger partial charge in [0.25, 0.3) is 0 Å². The number of benzene rings is 1. The molecule has 0 radical (unpaired) electrons. The molecule has 0 fully saturated rings. The Bertz CT molecular complexity index is 267. The van der Waals surface area contributed by atoms with E-state index in [0.717, 1.165) is 22.1 Å². The molecule has 0 heterocycles. The van der Waals surface area contributed by atoms with Crippen LogP contribution in [0.5, 0.6) is 0 Å². The van der Waals surface area contributed by atoms with E-state index in [1.165, 1.54) is 11.1 Å². The zero-order valence-electron chi connectivity index (χ0n) is 9.12. The highest BCUT2D eigenvalue weighted by Crippen LogP contribution is 2.08. The number of hydrogen-bond acceptors (Lipinski definition) is 2. The molecule has 90 valence electrons. The van der Waals surface area contributed by atoms with Crippen molar-refractivity contribution < 1.29 is 9.47 Å². The van der Waals surface area contributed by atoms with Crippen molar-refractivity contribution in [3.8, 4) is 0 Å². The SMILES string of the molecule is ICCOCc1cccc(COCCI)c1. The minimum absolute atomic E-state index is 0.698. The molecule has 0 amide bonds. The quantitative estimate of drug-likeness (QED) is 0.346. The van der Waals surface area contributed by atoms with Crippen molar-refractivity contribution in [1.29, 1.82) is 0 Å². The number of ether oxygens (including phenoxy) is 2. The van der Waals surface area contributed by atoms with E-state index in [2.05, 4.69) is 69.4 Å². The van der Waals surface area contributed by atoms with Gasteiger partial charge in [-0.05, 0) is 11.1 Å². The second-order valence-electron chi connectivity index (χ2n) is 3.30. The highest BCUT2D eigenvalue weighted by Gasteiger charge is 1.97.